The van der Waals surface area contributed by atoms with Gasteiger partial charge in [-0.25, -0.2) is 14.3 Å². The molecular weight excluding hydrogens is 232 g/mol. The average Bonchev–Trinajstić information content (AvgIpc) is 2.89. The lowest BCUT2D eigenvalue weighted by Crippen LogP contribution is -2.23. The van der Waals surface area contributed by atoms with Crippen LogP contribution in [0.5, 0.6) is 0 Å². The Labute approximate surface area is 104 Å². The van der Waals surface area contributed by atoms with Crippen LogP contribution >= 0.6 is 0 Å². The number of hydrogen-bond acceptors (Lipinski definition) is 3. The lowest BCUT2D eigenvalue weighted by Gasteiger charge is -2.23. The van der Waals surface area contributed by atoms with Gasteiger partial charge in [-0.05, 0) is 12.8 Å². The topological polar surface area (TPSA) is 82.4 Å². The number of rotatable bonds is 3. The molecule has 0 spiro atoms. The van der Waals surface area contributed by atoms with E-state index in [4.69, 9.17) is 0 Å². The minimum absolute atomic E-state index is 0.227. The van der Waals surface area contributed by atoms with Crippen LogP contribution in [-0.4, -0.2) is 31.7 Å². The van der Waals surface area contributed by atoms with Crippen LogP contribution < -0.4 is 5.32 Å². The highest BCUT2D eigenvalue weighted by molar-refractivity contribution is 6.00. The summed E-state index contributed by atoms with van der Waals surface area (Å²) in [5.41, 5.74) is 0.686. The van der Waals surface area contributed by atoms with Crippen molar-refractivity contribution in [1.29, 1.82) is 0 Å². The van der Waals surface area contributed by atoms with Crippen LogP contribution in [0.2, 0.25) is 0 Å². The zero-order valence-corrected chi connectivity index (χ0v) is 10.0. The summed E-state index contributed by atoms with van der Waals surface area (Å²) in [5, 5.41) is 15.6. The van der Waals surface area contributed by atoms with Crippen molar-refractivity contribution in [3.63, 3.8) is 0 Å². The number of carbonyl (C=O) groups is 1. The molecule has 2 aromatic rings. The van der Waals surface area contributed by atoms with Crippen LogP contribution in [0.4, 0.5) is 5.82 Å². The summed E-state index contributed by atoms with van der Waals surface area (Å²) in [6, 6.07) is 0.361. The van der Waals surface area contributed by atoms with Crippen molar-refractivity contribution < 1.29 is 9.90 Å². The number of carboxylic acid groups (broad SMARTS) is 1. The van der Waals surface area contributed by atoms with Crippen LogP contribution in [0.3, 0.4) is 0 Å². The molecule has 6 nitrogen and oxygen atoms in total. The van der Waals surface area contributed by atoms with E-state index in [1.54, 1.807) is 16.9 Å². The number of nitrogens with one attached hydrogen (secondary N) is 2. The highest BCUT2D eigenvalue weighted by Gasteiger charge is 2.22. The summed E-state index contributed by atoms with van der Waals surface area (Å²) in [5.74, 6) is -0.386. The van der Waals surface area contributed by atoms with Crippen LogP contribution in [-0.2, 0) is 0 Å². The number of aromatic amines is 1. The maximum atomic E-state index is 11.3. The molecule has 0 aliphatic heterocycles. The van der Waals surface area contributed by atoms with Gasteiger partial charge in [0.15, 0.2) is 5.65 Å². The first kappa shape index (κ1) is 11.1. The predicted octanol–water partition coefficient (Wildman–Crippen LogP) is 2.11. The van der Waals surface area contributed by atoms with E-state index in [0.29, 0.717) is 17.5 Å². The number of imidazole rings is 1. The molecule has 0 unspecified atom stereocenters. The molecular formula is C12H16N4O2. The number of aromatic nitrogens is 3. The quantitative estimate of drug-likeness (QED) is 0.776. The molecule has 0 saturated heterocycles. The smallest absolute Gasteiger partial charge is 0.343 e. The predicted molar refractivity (Wildman–Crippen MR) is 67.0 cm³/mol. The minimum Gasteiger partial charge on any atom is -0.477 e. The first-order chi connectivity index (χ1) is 8.75. The summed E-state index contributed by atoms with van der Waals surface area (Å²) in [6.45, 7) is 0. The molecule has 0 aromatic carbocycles. The van der Waals surface area contributed by atoms with E-state index in [-0.39, 0.29) is 5.56 Å². The molecule has 1 fully saturated rings. The van der Waals surface area contributed by atoms with Gasteiger partial charge < -0.3 is 10.4 Å². The van der Waals surface area contributed by atoms with Crippen molar-refractivity contribution in [3.8, 4) is 0 Å². The van der Waals surface area contributed by atoms with Gasteiger partial charge in [0.05, 0.1) is 0 Å². The van der Waals surface area contributed by atoms with E-state index in [9.17, 15) is 9.90 Å². The molecule has 6 heteroatoms. The number of H-pyrrole nitrogens is 1. The fourth-order valence-corrected chi connectivity index (χ4v) is 2.62. The van der Waals surface area contributed by atoms with Crippen molar-refractivity contribution in [3.05, 3.63) is 18.0 Å². The van der Waals surface area contributed by atoms with E-state index in [0.717, 1.165) is 12.8 Å². The Kier molecular flexibility index (Phi) is 2.70. The highest BCUT2D eigenvalue weighted by Crippen LogP contribution is 2.25. The second-order valence-corrected chi connectivity index (χ2v) is 4.77. The average molecular weight is 248 g/mol. The van der Waals surface area contributed by atoms with Gasteiger partial charge in [0.1, 0.15) is 11.4 Å². The van der Waals surface area contributed by atoms with E-state index in [1.807, 2.05) is 0 Å². The standard InChI is InChI=1S/C12H16N4O2/c17-12(18)9-10(14-8-4-2-1-3-5-8)15-16-7-6-13-11(9)16/h6-8,14-15H,1-5H2,(H,17,18). The first-order valence-electron chi connectivity index (χ1n) is 6.30. The largest absolute Gasteiger partial charge is 0.477 e. The van der Waals surface area contributed by atoms with Gasteiger partial charge in [0, 0.05) is 18.4 Å². The molecule has 3 rings (SSSR count). The van der Waals surface area contributed by atoms with Crippen molar-refractivity contribution in [2.75, 3.05) is 5.32 Å². The van der Waals surface area contributed by atoms with Crippen molar-refractivity contribution in [1.82, 2.24) is 14.6 Å². The Balaban J connectivity index is 1.92. The fourth-order valence-electron chi connectivity index (χ4n) is 2.62. The Hall–Kier alpha value is -1.98. The second kappa shape index (κ2) is 4.36. The number of fused-ring (bicyclic) bond motifs is 1. The maximum Gasteiger partial charge on any atom is 0.343 e. The number of carboxylic acids is 1. The Morgan fingerprint density at radius 1 is 1.44 bits per heavy atom. The van der Waals surface area contributed by atoms with Gasteiger partial charge in [0.25, 0.3) is 0 Å². The van der Waals surface area contributed by atoms with Crippen molar-refractivity contribution in [2.24, 2.45) is 0 Å². The highest BCUT2D eigenvalue weighted by atomic mass is 16.4. The molecule has 1 saturated carbocycles. The molecule has 18 heavy (non-hydrogen) atoms. The monoisotopic (exact) mass is 248 g/mol. The van der Waals surface area contributed by atoms with Crippen molar-refractivity contribution in [2.45, 2.75) is 38.1 Å². The number of hydrogen-bond donors (Lipinski definition) is 3. The van der Waals surface area contributed by atoms with E-state index in [2.05, 4.69) is 15.4 Å². The van der Waals surface area contributed by atoms with E-state index in [1.165, 1.54) is 19.3 Å². The van der Waals surface area contributed by atoms with Crippen LogP contribution in [0, 0.1) is 0 Å². The van der Waals surface area contributed by atoms with E-state index < -0.39 is 5.97 Å². The molecule has 0 amide bonds. The van der Waals surface area contributed by atoms with Gasteiger partial charge in [-0.15, -0.1) is 0 Å². The first-order valence-corrected chi connectivity index (χ1v) is 6.30. The Morgan fingerprint density at radius 3 is 2.94 bits per heavy atom. The van der Waals surface area contributed by atoms with Gasteiger partial charge in [-0.1, -0.05) is 19.3 Å². The Morgan fingerprint density at radius 2 is 2.22 bits per heavy atom. The van der Waals surface area contributed by atoms with Crippen LogP contribution in [0.1, 0.15) is 42.5 Å². The lowest BCUT2D eigenvalue weighted by molar-refractivity contribution is 0.0699. The normalized spacial score (nSPS) is 17.1. The molecule has 1 aliphatic carbocycles. The summed E-state index contributed by atoms with van der Waals surface area (Å²) in [6.07, 6.45) is 9.19. The fraction of sp³-hybridized carbons (Fsp3) is 0.500. The minimum atomic E-state index is -0.953. The zero-order chi connectivity index (χ0) is 12.5. The molecule has 2 heterocycles. The molecule has 3 N–H and O–H groups in total. The SMILES string of the molecule is O=C(O)c1c(NC2CCCCC2)[nH]n2ccnc12. The van der Waals surface area contributed by atoms with Gasteiger partial charge >= 0.3 is 5.97 Å². The Bertz CT molecular complexity index is 566. The number of aromatic carboxylic acids is 1. The summed E-state index contributed by atoms with van der Waals surface area (Å²) >= 11 is 0. The second-order valence-electron chi connectivity index (χ2n) is 4.77. The third-order valence-corrected chi connectivity index (χ3v) is 3.51. The summed E-state index contributed by atoms with van der Waals surface area (Å²) < 4.78 is 1.63. The van der Waals surface area contributed by atoms with Gasteiger partial charge in [0.2, 0.25) is 0 Å². The van der Waals surface area contributed by atoms with Crippen molar-refractivity contribution >= 4 is 17.4 Å². The number of nitrogens with zero attached hydrogens (tertiary/aromatic N) is 2. The van der Waals surface area contributed by atoms with Crippen LogP contribution in [0.25, 0.3) is 5.65 Å². The molecule has 0 atom stereocenters. The van der Waals surface area contributed by atoms with E-state index >= 15 is 0 Å². The molecule has 1 aliphatic rings. The number of anilines is 1. The van der Waals surface area contributed by atoms with Gasteiger partial charge in [-0.2, -0.15) is 0 Å². The third-order valence-electron chi connectivity index (χ3n) is 3.51. The lowest BCUT2D eigenvalue weighted by atomic mass is 9.95. The maximum absolute atomic E-state index is 11.3. The summed E-state index contributed by atoms with van der Waals surface area (Å²) in [4.78, 5) is 15.4. The van der Waals surface area contributed by atoms with Gasteiger partial charge in [-0.3, -0.25) is 5.10 Å². The van der Waals surface area contributed by atoms with Crippen LogP contribution in [0.15, 0.2) is 12.4 Å². The molecule has 96 valence electrons. The zero-order valence-electron chi connectivity index (χ0n) is 10.0. The molecule has 2 aromatic heterocycles. The molecule has 0 radical (unpaired) electrons. The summed E-state index contributed by atoms with van der Waals surface area (Å²) in [7, 11) is 0. The third kappa shape index (κ3) is 1.83. The molecule has 0 bridgehead atoms.